The fraction of sp³-hybridized carbons (Fsp3) is 0.444. The number of anilines is 1. The molecule has 0 fully saturated rings. The summed E-state index contributed by atoms with van der Waals surface area (Å²) in [7, 11) is -3.35. The van der Waals surface area contributed by atoms with Crippen molar-refractivity contribution in [2.45, 2.75) is 6.92 Å². The van der Waals surface area contributed by atoms with Crippen LogP contribution < -0.4 is 4.72 Å². The molecule has 7 heteroatoms. The number of hydrogen-bond acceptors (Lipinski definition) is 4. The lowest BCUT2D eigenvalue weighted by Gasteiger charge is -2.07. The standard InChI is InChI=1S/C9H13BrN2O3S/c1-2-15-5-6-16(13,14)12-8-3-4-9(10)11-7-8/h3-4,7,12H,2,5-6H2,1H3. The first kappa shape index (κ1) is 13.4. The van der Waals surface area contributed by atoms with Crippen LogP contribution in [0, 0.1) is 0 Å². The van der Waals surface area contributed by atoms with E-state index in [4.69, 9.17) is 4.74 Å². The number of rotatable bonds is 6. The molecule has 1 rings (SSSR count). The molecule has 1 aromatic heterocycles. The molecule has 0 amide bonds. The van der Waals surface area contributed by atoms with Crippen LogP contribution in [0.1, 0.15) is 6.92 Å². The Hall–Kier alpha value is -0.660. The number of nitrogens with one attached hydrogen (secondary N) is 1. The van der Waals surface area contributed by atoms with Crippen LogP contribution in [0.15, 0.2) is 22.9 Å². The molecule has 1 heterocycles. The zero-order valence-electron chi connectivity index (χ0n) is 8.81. The normalized spacial score (nSPS) is 11.4. The van der Waals surface area contributed by atoms with Crippen LogP contribution in [0.5, 0.6) is 0 Å². The molecule has 0 atom stereocenters. The van der Waals surface area contributed by atoms with E-state index >= 15 is 0 Å². The van der Waals surface area contributed by atoms with E-state index in [0.717, 1.165) is 0 Å². The predicted molar refractivity (Wildman–Crippen MR) is 65.8 cm³/mol. The molecule has 0 unspecified atom stereocenters. The molecule has 0 aromatic carbocycles. The topological polar surface area (TPSA) is 68.3 Å². The molecule has 0 aliphatic heterocycles. The number of halogens is 1. The van der Waals surface area contributed by atoms with Crippen LogP contribution in [0.25, 0.3) is 0 Å². The van der Waals surface area contributed by atoms with E-state index < -0.39 is 10.0 Å². The first-order valence-electron chi connectivity index (χ1n) is 4.73. The average molecular weight is 309 g/mol. The number of ether oxygens (including phenoxy) is 1. The second-order valence-electron chi connectivity index (χ2n) is 2.99. The van der Waals surface area contributed by atoms with Crippen LogP contribution >= 0.6 is 15.9 Å². The molecule has 0 saturated carbocycles. The van der Waals surface area contributed by atoms with E-state index in [1.165, 1.54) is 6.20 Å². The maximum absolute atomic E-state index is 11.5. The fourth-order valence-electron chi connectivity index (χ4n) is 0.980. The summed E-state index contributed by atoms with van der Waals surface area (Å²) < 4.78 is 31.1. The van der Waals surface area contributed by atoms with Gasteiger partial charge in [0, 0.05) is 6.61 Å². The molecule has 0 aliphatic rings. The predicted octanol–water partition coefficient (Wildman–Crippen LogP) is 1.62. The minimum absolute atomic E-state index is 0.0586. The second kappa shape index (κ2) is 6.17. The van der Waals surface area contributed by atoms with Crippen LogP contribution in [-0.4, -0.2) is 32.4 Å². The van der Waals surface area contributed by atoms with Crippen molar-refractivity contribution < 1.29 is 13.2 Å². The lowest BCUT2D eigenvalue weighted by molar-refractivity contribution is 0.163. The van der Waals surface area contributed by atoms with Crippen molar-refractivity contribution in [1.29, 1.82) is 0 Å². The van der Waals surface area contributed by atoms with Crippen molar-refractivity contribution in [2.24, 2.45) is 0 Å². The quantitative estimate of drug-likeness (QED) is 0.640. The highest BCUT2D eigenvalue weighted by molar-refractivity contribution is 9.10. The third kappa shape index (κ3) is 4.91. The summed E-state index contributed by atoms with van der Waals surface area (Å²) in [5, 5.41) is 0. The maximum atomic E-state index is 11.5. The summed E-state index contributed by atoms with van der Waals surface area (Å²) in [5.74, 6) is -0.0586. The number of nitrogens with zero attached hydrogens (tertiary/aromatic N) is 1. The second-order valence-corrected chi connectivity index (χ2v) is 5.64. The van der Waals surface area contributed by atoms with Gasteiger partial charge in [-0.1, -0.05) is 0 Å². The van der Waals surface area contributed by atoms with Crippen molar-refractivity contribution in [3.63, 3.8) is 0 Å². The van der Waals surface area contributed by atoms with E-state index in [1.54, 1.807) is 12.1 Å². The molecular formula is C9H13BrN2O3S. The third-order valence-electron chi connectivity index (χ3n) is 1.70. The molecule has 16 heavy (non-hydrogen) atoms. The third-order valence-corrected chi connectivity index (χ3v) is 3.42. The number of hydrogen-bond donors (Lipinski definition) is 1. The molecule has 0 radical (unpaired) electrons. The van der Waals surface area contributed by atoms with Crippen molar-refractivity contribution in [3.8, 4) is 0 Å². The molecule has 0 spiro atoms. The molecule has 1 N–H and O–H groups in total. The smallest absolute Gasteiger partial charge is 0.235 e. The lowest BCUT2D eigenvalue weighted by Crippen LogP contribution is -2.20. The number of pyridine rings is 1. The number of aromatic nitrogens is 1. The fourth-order valence-corrected chi connectivity index (χ4v) is 2.13. The van der Waals surface area contributed by atoms with E-state index in [-0.39, 0.29) is 12.4 Å². The van der Waals surface area contributed by atoms with Crippen molar-refractivity contribution in [1.82, 2.24) is 4.98 Å². The summed E-state index contributed by atoms with van der Waals surface area (Å²) in [6, 6.07) is 3.30. The maximum Gasteiger partial charge on any atom is 0.235 e. The highest BCUT2D eigenvalue weighted by Crippen LogP contribution is 2.11. The Bertz CT molecular complexity index is 419. The Morgan fingerprint density at radius 3 is 2.81 bits per heavy atom. The van der Waals surface area contributed by atoms with Gasteiger partial charge in [-0.05, 0) is 35.0 Å². The van der Waals surface area contributed by atoms with E-state index in [2.05, 4.69) is 25.6 Å². The van der Waals surface area contributed by atoms with Gasteiger partial charge in [-0.15, -0.1) is 0 Å². The van der Waals surface area contributed by atoms with Crippen molar-refractivity contribution >= 4 is 31.6 Å². The van der Waals surface area contributed by atoms with Gasteiger partial charge in [-0.3, -0.25) is 4.72 Å². The Balaban J connectivity index is 2.55. The minimum atomic E-state index is -3.35. The first-order valence-corrected chi connectivity index (χ1v) is 7.18. The Labute approximate surface area is 103 Å². The highest BCUT2D eigenvalue weighted by atomic mass is 79.9. The van der Waals surface area contributed by atoms with Gasteiger partial charge >= 0.3 is 0 Å². The summed E-state index contributed by atoms with van der Waals surface area (Å²) >= 11 is 3.17. The van der Waals surface area contributed by atoms with Crippen LogP contribution in [-0.2, 0) is 14.8 Å². The zero-order chi connectivity index (χ0) is 12.0. The van der Waals surface area contributed by atoms with E-state index in [0.29, 0.717) is 16.9 Å². The molecule has 5 nitrogen and oxygen atoms in total. The van der Waals surface area contributed by atoms with Gasteiger partial charge in [0.2, 0.25) is 10.0 Å². The van der Waals surface area contributed by atoms with Gasteiger partial charge in [0.25, 0.3) is 0 Å². The molecular weight excluding hydrogens is 296 g/mol. The zero-order valence-corrected chi connectivity index (χ0v) is 11.2. The number of sulfonamides is 1. The van der Waals surface area contributed by atoms with Gasteiger partial charge in [0.1, 0.15) is 4.60 Å². The highest BCUT2D eigenvalue weighted by Gasteiger charge is 2.10. The summed E-state index contributed by atoms with van der Waals surface area (Å²) in [6.07, 6.45) is 1.45. The van der Waals surface area contributed by atoms with Crippen LogP contribution in [0.2, 0.25) is 0 Å². The summed E-state index contributed by atoms with van der Waals surface area (Å²) in [6.45, 7) is 2.52. The summed E-state index contributed by atoms with van der Waals surface area (Å²) in [5.41, 5.74) is 0.444. The van der Waals surface area contributed by atoms with Gasteiger partial charge in [-0.2, -0.15) is 0 Å². The monoisotopic (exact) mass is 308 g/mol. The van der Waals surface area contributed by atoms with Gasteiger partial charge in [0.15, 0.2) is 0 Å². The first-order chi connectivity index (χ1) is 7.53. The average Bonchev–Trinajstić information content (AvgIpc) is 2.21. The van der Waals surface area contributed by atoms with Crippen molar-refractivity contribution in [3.05, 3.63) is 22.9 Å². The Morgan fingerprint density at radius 1 is 1.50 bits per heavy atom. The molecule has 0 bridgehead atoms. The lowest BCUT2D eigenvalue weighted by atomic mass is 10.4. The molecule has 90 valence electrons. The SMILES string of the molecule is CCOCCS(=O)(=O)Nc1ccc(Br)nc1. The molecule has 1 aromatic rings. The van der Waals surface area contributed by atoms with Gasteiger partial charge in [-0.25, -0.2) is 13.4 Å². The van der Waals surface area contributed by atoms with Crippen molar-refractivity contribution in [2.75, 3.05) is 23.7 Å². The molecule has 0 saturated heterocycles. The van der Waals surface area contributed by atoms with Crippen LogP contribution in [0.3, 0.4) is 0 Å². The van der Waals surface area contributed by atoms with E-state index in [1.807, 2.05) is 6.92 Å². The largest absolute Gasteiger partial charge is 0.381 e. The molecule has 0 aliphatic carbocycles. The Morgan fingerprint density at radius 2 is 2.25 bits per heavy atom. The minimum Gasteiger partial charge on any atom is -0.381 e. The van der Waals surface area contributed by atoms with Crippen LogP contribution in [0.4, 0.5) is 5.69 Å². The van der Waals surface area contributed by atoms with Gasteiger partial charge in [0.05, 0.1) is 24.2 Å². The summed E-state index contributed by atoms with van der Waals surface area (Å²) in [4.78, 5) is 3.92. The van der Waals surface area contributed by atoms with Gasteiger partial charge < -0.3 is 4.74 Å². The van der Waals surface area contributed by atoms with E-state index in [9.17, 15) is 8.42 Å². The Kier molecular flexibility index (Phi) is 5.17.